The molecular formula is C16H21NO4. The van der Waals surface area contributed by atoms with Gasteiger partial charge < -0.3 is 14.7 Å². The smallest absolute Gasteiger partial charge is 0.308 e. The van der Waals surface area contributed by atoms with Crippen molar-refractivity contribution in [3.05, 3.63) is 29.8 Å². The number of carboxylic acid groups (broad SMARTS) is 1. The Hall–Kier alpha value is -2.04. The molecule has 1 aliphatic heterocycles. The maximum Gasteiger partial charge on any atom is 0.308 e. The summed E-state index contributed by atoms with van der Waals surface area (Å²) < 4.78 is 5.59. The highest BCUT2D eigenvalue weighted by molar-refractivity contribution is 5.95. The summed E-state index contributed by atoms with van der Waals surface area (Å²) in [7, 11) is 0. The summed E-state index contributed by atoms with van der Waals surface area (Å²) >= 11 is 0. The molecule has 21 heavy (non-hydrogen) atoms. The van der Waals surface area contributed by atoms with Crippen LogP contribution in [0.2, 0.25) is 0 Å². The second-order valence-electron chi connectivity index (χ2n) is 5.62. The number of carboxylic acids is 1. The quantitative estimate of drug-likeness (QED) is 0.925. The number of piperidine rings is 1. The van der Waals surface area contributed by atoms with Gasteiger partial charge in [0.05, 0.1) is 12.0 Å². The highest BCUT2D eigenvalue weighted by Gasteiger charge is 2.28. The summed E-state index contributed by atoms with van der Waals surface area (Å²) in [6.45, 7) is 4.74. The molecule has 1 unspecified atom stereocenters. The number of ether oxygens (including phenoxy) is 1. The average molecular weight is 291 g/mol. The van der Waals surface area contributed by atoms with Gasteiger partial charge in [0, 0.05) is 18.7 Å². The maximum absolute atomic E-state index is 12.5. The van der Waals surface area contributed by atoms with E-state index in [0.29, 0.717) is 24.3 Å². The van der Waals surface area contributed by atoms with Gasteiger partial charge in [-0.3, -0.25) is 9.59 Å². The molecule has 1 aromatic rings. The van der Waals surface area contributed by atoms with Gasteiger partial charge in [-0.05, 0) is 44.9 Å². The number of carbonyl (C=O) groups excluding carboxylic acids is 1. The van der Waals surface area contributed by atoms with Crippen molar-refractivity contribution in [3.8, 4) is 5.75 Å². The molecule has 2 rings (SSSR count). The minimum absolute atomic E-state index is 0.0433. The number of nitrogens with zero attached hydrogens (tertiary/aromatic N) is 1. The van der Waals surface area contributed by atoms with Crippen molar-refractivity contribution in [2.75, 3.05) is 13.1 Å². The van der Waals surface area contributed by atoms with E-state index in [0.717, 1.165) is 6.42 Å². The number of carbonyl (C=O) groups is 2. The summed E-state index contributed by atoms with van der Waals surface area (Å²) in [5.74, 6) is -0.764. The standard InChI is InChI=1S/C16H21NO4/c1-11(2)21-14-7-3-5-12(9-14)15(18)17-8-4-6-13(10-17)16(19)20/h3,5,7,9,11,13H,4,6,8,10H2,1-2H3,(H,19,20). The van der Waals surface area contributed by atoms with E-state index in [-0.39, 0.29) is 18.6 Å². The van der Waals surface area contributed by atoms with Gasteiger partial charge >= 0.3 is 5.97 Å². The highest BCUT2D eigenvalue weighted by Crippen LogP contribution is 2.21. The van der Waals surface area contributed by atoms with Crippen molar-refractivity contribution in [1.82, 2.24) is 4.90 Å². The van der Waals surface area contributed by atoms with Crippen LogP contribution >= 0.6 is 0 Å². The third kappa shape index (κ3) is 3.97. The van der Waals surface area contributed by atoms with E-state index in [1.165, 1.54) is 0 Å². The first kappa shape index (κ1) is 15.4. The van der Waals surface area contributed by atoms with Crippen molar-refractivity contribution >= 4 is 11.9 Å². The largest absolute Gasteiger partial charge is 0.491 e. The fourth-order valence-electron chi connectivity index (χ4n) is 2.52. The van der Waals surface area contributed by atoms with E-state index in [9.17, 15) is 9.59 Å². The van der Waals surface area contributed by atoms with Gasteiger partial charge in [-0.25, -0.2) is 0 Å². The van der Waals surface area contributed by atoms with Crippen LogP contribution < -0.4 is 4.74 Å². The SMILES string of the molecule is CC(C)Oc1cccc(C(=O)N2CCCC(C(=O)O)C2)c1. The third-order valence-electron chi connectivity index (χ3n) is 3.51. The molecule has 1 amide bonds. The first-order valence-corrected chi connectivity index (χ1v) is 7.26. The molecule has 0 bridgehead atoms. The number of hydrogen-bond donors (Lipinski definition) is 1. The van der Waals surface area contributed by atoms with Gasteiger partial charge in [0.15, 0.2) is 0 Å². The minimum Gasteiger partial charge on any atom is -0.491 e. The number of benzene rings is 1. The van der Waals surface area contributed by atoms with E-state index in [4.69, 9.17) is 9.84 Å². The lowest BCUT2D eigenvalue weighted by Gasteiger charge is -2.30. The van der Waals surface area contributed by atoms with E-state index < -0.39 is 11.9 Å². The first-order valence-electron chi connectivity index (χ1n) is 7.26. The van der Waals surface area contributed by atoms with Crippen molar-refractivity contribution < 1.29 is 19.4 Å². The van der Waals surface area contributed by atoms with E-state index >= 15 is 0 Å². The molecule has 5 nitrogen and oxygen atoms in total. The highest BCUT2D eigenvalue weighted by atomic mass is 16.5. The van der Waals surface area contributed by atoms with Gasteiger partial charge in [0.2, 0.25) is 0 Å². The predicted molar refractivity (Wildman–Crippen MR) is 78.5 cm³/mol. The molecule has 1 N–H and O–H groups in total. The van der Waals surface area contributed by atoms with Gasteiger partial charge in [-0.15, -0.1) is 0 Å². The van der Waals surface area contributed by atoms with Gasteiger partial charge in [0.25, 0.3) is 5.91 Å². The predicted octanol–water partition coefficient (Wildman–Crippen LogP) is 2.41. The monoisotopic (exact) mass is 291 g/mol. The number of amides is 1. The van der Waals surface area contributed by atoms with Crippen molar-refractivity contribution in [1.29, 1.82) is 0 Å². The molecule has 1 aromatic carbocycles. The molecule has 1 aliphatic rings. The second kappa shape index (κ2) is 6.61. The molecule has 0 aliphatic carbocycles. The summed E-state index contributed by atoms with van der Waals surface area (Å²) in [6, 6.07) is 7.04. The summed E-state index contributed by atoms with van der Waals surface area (Å²) in [4.78, 5) is 25.2. The first-order chi connectivity index (χ1) is 9.97. The lowest BCUT2D eigenvalue weighted by molar-refractivity contribution is -0.143. The second-order valence-corrected chi connectivity index (χ2v) is 5.62. The zero-order valence-corrected chi connectivity index (χ0v) is 12.4. The lowest BCUT2D eigenvalue weighted by Crippen LogP contribution is -2.42. The van der Waals surface area contributed by atoms with Crippen LogP contribution in [0.15, 0.2) is 24.3 Å². The Morgan fingerprint density at radius 2 is 2.14 bits per heavy atom. The fourth-order valence-corrected chi connectivity index (χ4v) is 2.52. The number of rotatable bonds is 4. The van der Waals surface area contributed by atoms with Crippen LogP contribution in [0, 0.1) is 5.92 Å². The van der Waals surface area contributed by atoms with Crippen LogP contribution in [0.1, 0.15) is 37.0 Å². The average Bonchev–Trinajstić information content (AvgIpc) is 2.46. The molecule has 1 heterocycles. The Balaban J connectivity index is 2.10. The molecule has 114 valence electrons. The number of hydrogen-bond acceptors (Lipinski definition) is 3. The van der Waals surface area contributed by atoms with Gasteiger partial charge in [-0.2, -0.15) is 0 Å². The Bertz CT molecular complexity index is 527. The number of likely N-dealkylation sites (tertiary alicyclic amines) is 1. The zero-order valence-electron chi connectivity index (χ0n) is 12.4. The Labute approximate surface area is 124 Å². The minimum atomic E-state index is -0.829. The van der Waals surface area contributed by atoms with Crippen LogP contribution in [-0.4, -0.2) is 41.1 Å². The van der Waals surface area contributed by atoms with Gasteiger partial charge in [0.1, 0.15) is 5.75 Å². The van der Waals surface area contributed by atoms with Crippen molar-refractivity contribution in [3.63, 3.8) is 0 Å². The van der Waals surface area contributed by atoms with E-state index in [2.05, 4.69) is 0 Å². The van der Waals surface area contributed by atoms with Crippen molar-refractivity contribution in [2.24, 2.45) is 5.92 Å². The molecule has 0 radical (unpaired) electrons. The summed E-state index contributed by atoms with van der Waals surface area (Å²) in [5, 5.41) is 9.09. The van der Waals surface area contributed by atoms with Crippen molar-refractivity contribution in [2.45, 2.75) is 32.8 Å². The molecule has 0 saturated carbocycles. The normalized spacial score (nSPS) is 18.6. The molecule has 1 fully saturated rings. The number of aliphatic carboxylic acids is 1. The van der Waals surface area contributed by atoms with E-state index in [1.807, 2.05) is 19.9 Å². The lowest BCUT2D eigenvalue weighted by atomic mass is 9.97. The van der Waals surface area contributed by atoms with Crippen LogP contribution in [-0.2, 0) is 4.79 Å². The molecule has 1 saturated heterocycles. The van der Waals surface area contributed by atoms with Crippen LogP contribution in [0.5, 0.6) is 5.75 Å². The van der Waals surface area contributed by atoms with Gasteiger partial charge in [-0.1, -0.05) is 6.07 Å². The molecule has 5 heteroatoms. The molecule has 0 aromatic heterocycles. The van der Waals surface area contributed by atoms with Crippen LogP contribution in [0.25, 0.3) is 0 Å². The topological polar surface area (TPSA) is 66.8 Å². The van der Waals surface area contributed by atoms with Crippen LogP contribution in [0.4, 0.5) is 0 Å². The molecule has 0 spiro atoms. The van der Waals surface area contributed by atoms with E-state index in [1.54, 1.807) is 23.1 Å². The Morgan fingerprint density at radius 3 is 2.81 bits per heavy atom. The van der Waals surface area contributed by atoms with Crippen LogP contribution in [0.3, 0.4) is 0 Å². The zero-order chi connectivity index (χ0) is 15.4. The molecular weight excluding hydrogens is 270 g/mol. The Kier molecular flexibility index (Phi) is 4.83. The Morgan fingerprint density at radius 1 is 1.38 bits per heavy atom. The maximum atomic E-state index is 12.5. The summed E-state index contributed by atoms with van der Waals surface area (Å²) in [6.07, 6.45) is 1.40. The fraction of sp³-hybridized carbons (Fsp3) is 0.500. The third-order valence-corrected chi connectivity index (χ3v) is 3.51. The summed E-state index contributed by atoms with van der Waals surface area (Å²) in [5.41, 5.74) is 0.541. The molecule has 1 atom stereocenters.